The first-order valence-corrected chi connectivity index (χ1v) is 7.94. The van der Waals surface area contributed by atoms with Crippen molar-refractivity contribution in [3.63, 3.8) is 0 Å². The lowest BCUT2D eigenvalue weighted by molar-refractivity contribution is -0.136. The molecule has 7 nitrogen and oxygen atoms in total. The van der Waals surface area contributed by atoms with Crippen LogP contribution in [-0.2, 0) is 11.2 Å². The summed E-state index contributed by atoms with van der Waals surface area (Å²) in [5.41, 5.74) is 2.02. The molecule has 0 fully saturated rings. The number of hydrogen-bond acceptors (Lipinski definition) is 4. The second kappa shape index (κ2) is 7.10. The molecule has 26 heavy (non-hydrogen) atoms. The van der Waals surface area contributed by atoms with Gasteiger partial charge in [-0.25, -0.2) is 0 Å². The molecular formula is C19H17N3O4. The highest BCUT2D eigenvalue weighted by molar-refractivity contribution is 6.06. The van der Waals surface area contributed by atoms with Crippen molar-refractivity contribution in [3.05, 3.63) is 70.0 Å². The van der Waals surface area contributed by atoms with E-state index in [0.717, 1.165) is 11.1 Å². The van der Waals surface area contributed by atoms with Crippen molar-refractivity contribution in [3.8, 4) is 0 Å². The molecule has 0 aliphatic rings. The highest BCUT2D eigenvalue weighted by atomic mass is 16.4. The zero-order chi connectivity index (χ0) is 18.7. The molecule has 0 saturated heterocycles. The molecule has 0 atom stereocenters. The molecular weight excluding hydrogens is 334 g/mol. The minimum atomic E-state index is -0.926. The lowest BCUT2D eigenvalue weighted by Gasteiger charge is -2.09. The summed E-state index contributed by atoms with van der Waals surface area (Å²) in [7, 11) is 1.75. The number of nitrogens with one attached hydrogen (secondary N) is 3. The van der Waals surface area contributed by atoms with Crippen LogP contribution in [0.1, 0.15) is 15.9 Å². The summed E-state index contributed by atoms with van der Waals surface area (Å²) < 4.78 is 0. The van der Waals surface area contributed by atoms with E-state index < -0.39 is 17.4 Å². The molecule has 4 N–H and O–H groups in total. The predicted molar refractivity (Wildman–Crippen MR) is 99.9 cm³/mol. The highest BCUT2D eigenvalue weighted by Crippen LogP contribution is 2.20. The molecule has 7 heteroatoms. The average Bonchev–Trinajstić information content (AvgIpc) is 2.61. The van der Waals surface area contributed by atoms with E-state index in [0.29, 0.717) is 16.8 Å². The van der Waals surface area contributed by atoms with Crippen LogP contribution in [0, 0.1) is 0 Å². The highest BCUT2D eigenvalue weighted by Gasteiger charge is 2.13. The number of carbonyl (C=O) groups excluding carboxylic acids is 1. The van der Waals surface area contributed by atoms with Crippen LogP contribution in [0.2, 0.25) is 0 Å². The molecule has 1 aromatic heterocycles. The Kier molecular flexibility index (Phi) is 4.70. The van der Waals surface area contributed by atoms with Gasteiger partial charge < -0.3 is 20.7 Å². The zero-order valence-corrected chi connectivity index (χ0v) is 14.0. The Hall–Kier alpha value is -3.61. The summed E-state index contributed by atoms with van der Waals surface area (Å²) in [5, 5.41) is 15.1. The van der Waals surface area contributed by atoms with Crippen LogP contribution >= 0.6 is 0 Å². The summed E-state index contributed by atoms with van der Waals surface area (Å²) >= 11 is 0. The first-order chi connectivity index (χ1) is 12.5. The quantitative estimate of drug-likeness (QED) is 0.564. The summed E-state index contributed by atoms with van der Waals surface area (Å²) in [6.45, 7) is 0. The first kappa shape index (κ1) is 17.2. The third-order valence-electron chi connectivity index (χ3n) is 3.96. The number of fused-ring (bicyclic) bond motifs is 1. The normalized spacial score (nSPS) is 10.5. The molecule has 0 spiro atoms. The van der Waals surface area contributed by atoms with Crippen molar-refractivity contribution in [1.82, 2.24) is 4.98 Å². The van der Waals surface area contributed by atoms with Crippen LogP contribution in [0.3, 0.4) is 0 Å². The molecule has 0 unspecified atom stereocenters. The fraction of sp³-hybridized carbons (Fsp3) is 0.105. The Morgan fingerprint density at radius 3 is 2.50 bits per heavy atom. The van der Waals surface area contributed by atoms with E-state index in [4.69, 9.17) is 5.11 Å². The van der Waals surface area contributed by atoms with Crippen LogP contribution in [0.25, 0.3) is 10.9 Å². The van der Waals surface area contributed by atoms with Crippen molar-refractivity contribution < 1.29 is 14.7 Å². The Bertz CT molecular complexity index is 1040. The van der Waals surface area contributed by atoms with Crippen LogP contribution in [0.4, 0.5) is 11.4 Å². The number of carboxylic acids is 1. The topological polar surface area (TPSA) is 111 Å². The van der Waals surface area contributed by atoms with E-state index >= 15 is 0 Å². The van der Waals surface area contributed by atoms with Crippen LogP contribution in [0.15, 0.2) is 53.3 Å². The number of amides is 1. The smallest absolute Gasteiger partial charge is 0.307 e. The Labute approximate surface area is 148 Å². The molecule has 0 radical (unpaired) electrons. The van der Waals surface area contributed by atoms with Gasteiger partial charge >= 0.3 is 5.97 Å². The third-order valence-corrected chi connectivity index (χ3v) is 3.96. The Morgan fingerprint density at radius 2 is 1.85 bits per heavy atom. The van der Waals surface area contributed by atoms with E-state index in [1.165, 1.54) is 0 Å². The van der Waals surface area contributed by atoms with Crippen molar-refractivity contribution in [2.45, 2.75) is 6.42 Å². The number of carboxylic acid groups (broad SMARTS) is 1. The standard InChI is InChI=1S/C19H17N3O4/c1-20-15-4-2-3-12-10-14(19(26)22-17(12)15)18(25)21-13-7-5-11(6-8-13)9-16(23)24/h2-8,10,20H,9H2,1H3,(H,21,25)(H,22,26)(H,23,24). The summed E-state index contributed by atoms with van der Waals surface area (Å²) in [6.07, 6.45) is -0.0909. The maximum Gasteiger partial charge on any atom is 0.307 e. The van der Waals surface area contributed by atoms with Crippen molar-refractivity contribution in [2.24, 2.45) is 0 Å². The van der Waals surface area contributed by atoms with Crippen molar-refractivity contribution >= 4 is 34.2 Å². The van der Waals surface area contributed by atoms with E-state index in [1.54, 1.807) is 37.4 Å². The minimum absolute atomic E-state index is 0.000338. The lowest BCUT2D eigenvalue weighted by Crippen LogP contribution is -2.23. The van der Waals surface area contributed by atoms with Crippen molar-refractivity contribution in [2.75, 3.05) is 17.7 Å². The molecule has 0 aliphatic carbocycles. The maximum absolute atomic E-state index is 12.5. The molecule has 132 valence electrons. The minimum Gasteiger partial charge on any atom is -0.481 e. The maximum atomic E-state index is 12.5. The number of aromatic nitrogens is 1. The second-order valence-electron chi connectivity index (χ2n) is 5.75. The zero-order valence-electron chi connectivity index (χ0n) is 14.0. The molecule has 0 bridgehead atoms. The van der Waals surface area contributed by atoms with E-state index in [9.17, 15) is 14.4 Å². The average molecular weight is 351 g/mol. The van der Waals surface area contributed by atoms with Gasteiger partial charge in [0.15, 0.2) is 0 Å². The van der Waals surface area contributed by atoms with Gasteiger partial charge in [0, 0.05) is 18.1 Å². The van der Waals surface area contributed by atoms with E-state index in [1.807, 2.05) is 18.2 Å². The number of rotatable bonds is 5. The molecule has 1 heterocycles. The number of para-hydroxylation sites is 1. The predicted octanol–water partition coefficient (Wildman–Crippen LogP) is 2.45. The van der Waals surface area contributed by atoms with E-state index in [-0.39, 0.29) is 12.0 Å². The molecule has 3 rings (SSSR count). The van der Waals surface area contributed by atoms with Crippen LogP contribution in [-0.4, -0.2) is 29.0 Å². The van der Waals surface area contributed by atoms with Gasteiger partial charge in [-0.15, -0.1) is 0 Å². The molecule has 0 aliphatic heterocycles. The lowest BCUT2D eigenvalue weighted by atomic mass is 10.1. The number of aromatic amines is 1. The van der Waals surface area contributed by atoms with Crippen LogP contribution < -0.4 is 16.2 Å². The van der Waals surface area contributed by atoms with Gasteiger partial charge in [-0.2, -0.15) is 0 Å². The summed E-state index contributed by atoms with van der Waals surface area (Å²) in [4.78, 5) is 38.2. The van der Waals surface area contributed by atoms with Gasteiger partial charge in [0.25, 0.3) is 11.5 Å². The number of aliphatic carboxylic acids is 1. The number of H-pyrrole nitrogens is 1. The number of hydrogen-bond donors (Lipinski definition) is 4. The Balaban J connectivity index is 1.87. The molecule has 1 amide bonds. The van der Waals surface area contributed by atoms with Gasteiger partial charge in [-0.05, 0) is 29.8 Å². The van der Waals surface area contributed by atoms with Gasteiger partial charge in [0.2, 0.25) is 0 Å². The van der Waals surface area contributed by atoms with Gasteiger partial charge in [0.05, 0.1) is 17.6 Å². The molecule has 3 aromatic rings. The number of benzene rings is 2. The molecule has 2 aromatic carbocycles. The monoisotopic (exact) mass is 351 g/mol. The van der Waals surface area contributed by atoms with Gasteiger partial charge in [-0.3, -0.25) is 14.4 Å². The number of carbonyl (C=O) groups is 2. The summed E-state index contributed by atoms with van der Waals surface area (Å²) in [6, 6.07) is 13.5. The Morgan fingerprint density at radius 1 is 1.12 bits per heavy atom. The second-order valence-corrected chi connectivity index (χ2v) is 5.75. The SMILES string of the molecule is CNc1cccc2cc(C(=O)Nc3ccc(CC(=O)O)cc3)c(=O)[nH]c12. The van der Waals surface area contributed by atoms with E-state index in [2.05, 4.69) is 15.6 Å². The molecule has 0 saturated carbocycles. The summed E-state index contributed by atoms with van der Waals surface area (Å²) in [5.74, 6) is -1.46. The first-order valence-electron chi connectivity index (χ1n) is 7.94. The number of anilines is 2. The van der Waals surface area contributed by atoms with Gasteiger partial charge in [-0.1, -0.05) is 24.3 Å². The van der Waals surface area contributed by atoms with Gasteiger partial charge in [0.1, 0.15) is 5.56 Å². The van der Waals surface area contributed by atoms with Crippen molar-refractivity contribution in [1.29, 1.82) is 0 Å². The largest absolute Gasteiger partial charge is 0.481 e. The van der Waals surface area contributed by atoms with Crippen LogP contribution in [0.5, 0.6) is 0 Å². The number of pyridine rings is 1. The fourth-order valence-electron chi connectivity index (χ4n) is 2.69. The third kappa shape index (κ3) is 3.56. The fourth-order valence-corrected chi connectivity index (χ4v) is 2.69.